The highest BCUT2D eigenvalue weighted by molar-refractivity contribution is 6.20. The molecule has 1 aliphatic carbocycles. The number of benzene rings is 2. The van der Waals surface area contributed by atoms with Crippen LogP contribution >= 0.6 is 0 Å². The molecular weight excluding hydrogens is 262 g/mol. The molecule has 0 atom stereocenters. The third-order valence-corrected chi connectivity index (χ3v) is 4.18. The van der Waals surface area contributed by atoms with Gasteiger partial charge in [-0.15, -0.1) is 0 Å². The lowest BCUT2D eigenvalue weighted by atomic mass is 9.92. The van der Waals surface area contributed by atoms with Gasteiger partial charge in [0.05, 0.1) is 0 Å². The Morgan fingerprint density at radius 1 is 1.10 bits per heavy atom. The Morgan fingerprint density at radius 3 is 2.67 bits per heavy atom. The van der Waals surface area contributed by atoms with Gasteiger partial charge in [0.2, 0.25) is 0 Å². The lowest BCUT2D eigenvalue weighted by Gasteiger charge is -2.10. The van der Waals surface area contributed by atoms with Gasteiger partial charge in [0.15, 0.2) is 11.9 Å². The van der Waals surface area contributed by atoms with Crippen molar-refractivity contribution in [3.63, 3.8) is 0 Å². The molecule has 1 heterocycles. The van der Waals surface area contributed by atoms with Crippen molar-refractivity contribution < 1.29 is 9.53 Å². The number of fused-ring (bicyclic) bond motifs is 5. The molecule has 0 fully saturated rings. The molecule has 0 bridgehead atoms. The SMILES string of the molecule is CC(C)c1ccc2c(c1)O[C]1[C]2C(=O)c2c(N)cccc21. The molecule has 0 amide bonds. The van der Waals surface area contributed by atoms with E-state index in [0.29, 0.717) is 29.2 Å². The second kappa shape index (κ2) is 4.10. The number of hydrogen-bond acceptors (Lipinski definition) is 3. The Hall–Kier alpha value is -2.29. The quantitative estimate of drug-likeness (QED) is 0.812. The summed E-state index contributed by atoms with van der Waals surface area (Å²) < 4.78 is 5.98. The van der Waals surface area contributed by atoms with Crippen LogP contribution in [0.2, 0.25) is 0 Å². The molecule has 21 heavy (non-hydrogen) atoms. The van der Waals surface area contributed by atoms with Crippen LogP contribution in [-0.2, 0) is 0 Å². The van der Waals surface area contributed by atoms with Crippen molar-refractivity contribution in [2.45, 2.75) is 19.8 Å². The molecule has 3 nitrogen and oxygen atoms in total. The third-order valence-electron chi connectivity index (χ3n) is 4.18. The summed E-state index contributed by atoms with van der Waals surface area (Å²) in [5.74, 6) is 1.81. The molecule has 0 aromatic heterocycles. The zero-order chi connectivity index (χ0) is 14.7. The van der Waals surface area contributed by atoms with Crippen LogP contribution in [0.5, 0.6) is 5.75 Å². The maximum Gasteiger partial charge on any atom is 0.198 e. The first-order valence-electron chi connectivity index (χ1n) is 7.08. The molecule has 2 aromatic rings. The molecule has 0 saturated carbocycles. The minimum Gasteiger partial charge on any atom is -0.476 e. The fourth-order valence-corrected chi connectivity index (χ4v) is 3.03. The van der Waals surface area contributed by atoms with Crippen LogP contribution in [0, 0.1) is 12.0 Å². The van der Waals surface area contributed by atoms with Crippen molar-refractivity contribution in [1.29, 1.82) is 0 Å². The maximum atomic E-state index is 12.7. The van der Waals surface area contributed by atoms with Crippen LogP contribution in [0.25, 0.3) is 0 Å². The van der Waals surface area contributed by atoms with Gasteiger partial charge in [-0.05, 0) is 23.6 Å². The Balaban J connectivity index is 1.84. The number of nitrogens with two attached hydrogens (primary N) is 1. The van der Waals surface area contributed by atoms with Crippen LogP contribution in [-0.4, -0.2) is 5.78 Å². The van der Waals surface area contributed by atoms with Gasteiger partial charge in [0, 0.05) is 22.4 Å². The Kier molecular flexibility index (Phi) is 2.43. The van der Waals surface area contributed by atoms with Gasteiger partial charge in [0.1, 0.15) is 11.7 Å². The molecule has 104 valence electrons. The number of ether oxygens (including phenoxy) is 1. The topological polar surface area (TPSA) is 52.3 Å². The number of Topliss-reactive ketones (excluding diaryl/α,β-unsaturated/α-hetero) is 1. The Labute approximate surface area is 123 Å². The van der Waals surface area contributed by atoms with Gasteiger partial charge in [-0.2, -0.15) is 0 Å². The molecule has 0 spiro atoms. The van der Waals surface area contributed by atoms with Crippen molar-refractivity contribution in [2.75, 3.05) is 5.73 Å². The summed E-state index contributed by atoms with van der Waals surface area (Å²) in [5, 5.41) is 0. The van der Waals surface area contributed by atoms with Crippen LogP contribution in [0.15, 0.2) is 36.4 Å². The first-order valence-corrected chi connectivity index (χ1v) is 7.08. The van der Waals surface area contributed by atoms with Crippen molar-refractivity contribution in [1.82, 2.24) is 0 Å². The highest BCUT2D eigenvalue weighted by atomic mass is 16.5. The van der Waals surface area contributed by atoms with Crippen molar-refractivity contribution in [2.24, 2.45) is 0 Å². The van der Waals surface area contributed by atoms with E-state index in [4.69, 9.17) is 10.5 Å². The average Bonchev–Trinajstić information content (AvgIpc) is 2.96. The fraction of sp³-hybridized carbons (Fsp3) is 0.167. The van der Waals surface area contributed by atoms with E-state index < -0.39 is 0 Å². The minimum absolute atomic E-state index is 0.0332. The zero-order valence-electron chi connectivity index (χ0n) is 11.9. The molecule has 0 saturated heterocycles. The van der Waals surface area contributed by atoms with Gasteiger partial charge in [-0.1, -0.05) is 38.1 Å². The summed E-state index contributed by atoms with van der Waals surface area (Å²) >= 11 is 0. The summed E-state index contributed by atoms with van der Waals surface area (Å²) in [4.78, 5) is 12.7. The lowest BCUT2D eigenvalue weighted by Crippen LogP contribution is -2.10. The van der Waals surface area contributed by atoms with E-state index in [2.05, 4.69) is 19.9 Å². The molecular formula is C18H15NO2. The number of ketones is 1. The van der Waals surface area contributed by atoms with Gasteiger partial charge < -0.3 is 10.5 Å². The molecule has 1 aliphatic heterocycles. The second-order valence-electron chi connectivity index (χ2n) is 5.82. The van der Waals surface area contributed by atoms with E-state index in [1.807, 2.05) is 24.3 Å². The largest absolute Gasteiger partial charge is 0.476 e. The molecule has 0 unspecified atom stereocenters. The molecule has 2 radical (unpaired) electrons. The van der Waals surface area contributed by atoms with Crippen LogP contribution < -0.4 is 10.5 Å². The molecule has 4 rings (SSSR count). The number of carbonyl (C=O) groups is 1. The summed E-state index contributed by atoms with van der Waals surface area (Å²) in [6, 6.07) is 11.6. The summed E-state index contributed by atoms with van der Waals surface area (Å²) in [5.41, 5.74) is 9.90. The summed E-state index contributed by atoms with van der Waals surface area (Å²) in [6.07, 6.45) is 0.651. The van der Waals surface area contributed by atoms with E-state index in [1.165, 1.54) is 5.56 Å². The predicted octanol–water partition coefficient (Wildman–Crippen LogP) is 3.48. The first-order chi connectivity index (χ1) is 10.1. The van der Waals surface area contributed by atoms with Crippen LogP contribution in [0.4, 0.5) is 5.69 Å². The minimum atomic E-state index is -0.0332. The normalized spacial score (nSPS) is 16.8. The van der Waals surface area contributed by atoms with E-state index in [0.717, 1.165) is 16.9 Å². The van der Waals surface area contributed by atoms with Gasteiger partial charge in [-0.3, -0.25) is 4.79 Å². The van der Waals surface area contributed by atoms with E-state index in [1.54, 1.807) is 6.07 Å². The smallest absolute Gasteiger partial charge is 0.198 e. The average molecular weight is 277 g/mol. The Morgan fingerprint density at radius 2 is 1.90 bits per heavy atom. The molecule has 3 heteroatoms. The summed E-state index contributed by atoms with van der Waals surface area (Å²) in [7, 11) is 0. The van der Waals surface area contributed by atoms with E-state index in [-0.39, 0.29) is 5.78 Å². The molecule has 2 aromatic carbocycles. The number of rotatable bonds is 1. The molecule has 2 N–H and O–H groups in total. The number of nitrogen functional groups attached to an aromatic ring is 1. The van der Waals surface area contributed by atoms with Crippen LogP contribution in [0.3, 0.4) is 0 Å². The second-order valence-corrected chi connectivity index (χ2v) is 5.82. The van der Waals surface area contributed by atoms with Crippen molar-refractivity contribution in [3.8, 4) is 5.75 Å². The highest BCUT2D eigenvalue weighted by Gasteiger charge is 2.50. The number of carbonyl (C=O) groups excluding carboxylic acids is 1. The van der Waals surface area contributed by atoms with Gasteiger partial charge >= 0.3 is 0 Å². The van der Waals surface area contributed by atoms with Crippen molar-refractivity contribution >= 4 is 11.5 Å². The fourth-order valence-electron chi connectivity index (χ4n) is 3.03. The van der Waals surface area contributed by atoms with Crippen molar-refractivity contribution in [3.05, 3.63) is 70.7 Å². The Bertz CT molecular complexity index is 764. The lowest BCUT2D eigenvalue weighted by molar-refractivity contribution is 0.102. The highest BCUT2D eigenvalue weighted by Crippen LogP contribution is 2.52. The summed E-state index contributed by atoms with van der Waals surface area (Å²) in [6.45, 7) is 4.28. The van der Waals surface area contributed by atoms with Gasteiger partial charge in [-0.25, -0.2) is 0 Å². The van der Waals surface area contributed by atoms with Gasteiger partial charge in [0.25, 0.3) is 0 Å². The predicted molar refractivity (Wildman–Crippen MR) is 81.0 cm³/mol. The number of hydrogen-bond donors (Lipinski definition) is 1. The molecule has 2 aliphatic rings. The third kappa shape index (κ3) is 1.57. The van der Waals surface area contributed by atoms with Crippen LogP contribution in [0.1, 0.15) is 46.8 Å². The monoisotopic (exact) mass is 277 g/mol. The number of anilines is 1. The maximum absolute atomic E-state index is 12.7. The van der Waals surface area contributed by atoms with E-state index >= 15 is 0 Å². The first kappa shape index (κ1) is 12.5. The zero-order valence-corrected chi connectivity index (χ0v) is 11.9. The van der Waals surface area contributed by atoms with E-state index in [9.17, 15) is 4.79 Å². The standard InChI is InChI=1S/C18H15NO2/c1-9(2)10-6-7-11-14(8-10)21-18-12-4-3-5-13(19)15(12)17(20)16(11)18/h3-9H,19H2,1-2H3.